The fraction of sp³-hybridized carbons (Fsp3) is 0.476. The van der Waals surface area contributed by atoms with Crippen molar-refractivity contribution in [2.24, 2.45) is 0 Å². The molecule has 2 aromatic rings. The molecular formula is C21H28N4O. The van der Waals surface area contributed by atoms with Crippen molar-refractivity contribution < 1.29 is 4.79 Å². The van der Waals surface area contributed by atoms with E-state index in [1.54, 1.807) is 4.90 Å². The lowest BCUT2D eigenvalue weighted by atomic mass is 10.0. The van der Waals surface area contributed by atoms with E-state index in [4.69, 9.17) is 5.26 Å². The fourth-order valence-corrected chi connectivity index (χ4v) is 3.26. The maximum Gasteiger partial charge on any atom is 0.222 e. The van der Waals surface area contributed by atoms with Crippen LogP contribution in [-0.4, -0.2) is 27.6 Å². The molecule has 0 aliphatic rings. The molecule has 5 nitrogen and oxygen atoms in total. The van der Waals surface area contributed by atoms with Gasteiger partial charge in [-0.3, -0.25) is 9.48 Å². The SMILES string of the molecule is Cc1ccc(CN(C)C(=O)CCc2c(C)nn(CCC#N)c2C)c(C)c1. The standard InChI is InChI=1S/C21H28N4O/c1-15-7-8-19(16(2)13-15)14-24(5)21(26)10-9-20-17(3)23-25(18(20)4)12-6-11-22/h7-8,13H,6,9-10,12,14H2,1-5H3. The maximum absolute atomic E-state index is 12.6. The molecule has 0 atom stereocenters. The molecule has 1 aromatic heterocycles. The van der Waals surface area contributed by atoms with E-state index in [2.05, 4.69) is 43.2 Å². The number of benzene rings is 1. The molecule has 1 aromatic carbocycles. The smallest absolute Gasteiger partial charge is 0.222 e. The van der Waals surface area contributed by atoms with Gasteiger partial charge in [-0.2, -0.15) is 10.4 Å². The van der Waals surface area contributed by atoms with Gasteiger partial charge in [0, 0.05) is 25.7 Å². The minimum Gasteiger partial charge on any atom is -0.341 e. The Bertz CT molecular complexity index is 829. The van der Waals surface area contributed by atoms with Crippen molar-refractivity contribution in [3.05, 3.63) is 51.8 Å². The first-order valence-electron chi connectivity index (χ1n) is 9.03. The highest BCUT2D eigenvalue weighted by molar-refractivity contribution is 5.76. The maximum atomic E-state index is 12.6. The summed E-state index contributed by atoms with van der Waals surface area (Å²) < 4.78 is 1.87. The zero-order valence-corrected chi connectivity index (χ0v) is 16.5. The first kappa shape index (κ1) is 19.7. The Hall–Kier alpha value is -2.61. The lowest BCUT2D eigenvalue weighted by Gasteiger charge is -2.19. The number of amides is 1. The first-order valence-corrected chi connectivity index (χ1v) is 9.03. The molecule has 0 aliphatic carbocycles. The number of nitriles is 1. The third-order valence-corrected chi connectivity index (χ3v) is 4.89. The van der Waals surface area contributed by atoms with Gasteiger partial charge in [-0.05, 0) is 50.8 Å². The van der Waals surface area contributed by atoms with Gasteiger partial charge in [0.2, 0.25) is 5.91 Å². The van der Waals surface area contributed by atoms with Crippen molar-refractivity contribution in [2.75, 3.05) is 7.05 Å². The molecule has 0 fully saturated rings. The summed E-state index contributed by atoms with van der Waals surface area (Å²) >= 11 is 0. The van der Waals surface area contributed by atoms with Gasteiger partial charge in [-0.1, -0.05) is 23.8 Å². The Morgan fingerprint density at radius 2 is 2.00 bits per heavy atom. The van der Waals surface area contributed by atoms with E-state index in [1.165, 1.54) is 16.7 Å². The quantitative estimate of drug-likeness (QED) is 0.764. The lowest BCUT2D eigenvalue weighted by molar-refractivity contribution is -0.130. The Balaban J connectivity index is 1.98. The average molecular weight is 352 g/mol. The van der Waals surface area contributed by atoms with Gasteiger partial charge in [0.25, 0.3) is 0 Å². The van der Waals surface area contributed by atoms with Crippen molar-refractivity contribution in [1.82, 2.24) is 14.7 Å². The molecule has 26 heavy (non-hydrogen) atoms. The number of aromatic nitrogens is 2. The number of carbonyl (C=O) groups is 1. The van der Waals surface area contributed by atoms with Gasteiger partial charge in [-0.15, -0.1) is 0 Å². The van der Waals surface area contributed by atoms with Crippen LogP contribution in [0.3, 0.4) is 0 Å². The van der Waals surface area contributed by atoms with E-state index < -0.39 is 0 Å². The average Bonchev–Trinajstić information content (AvgIpc) is 2.86. The molecule has 1 amide bonds. The monoisotopic (exact) mass is 352 g/mol. The topological polar surface area (TPSA) is 61.9 Å². The van der Waals surface area contributed by atoms with Crippen LogP contribution in [0.5, 0.6) is 0 Å². The highest BCUT2D eigenvalue weighted by Gasteiger charge is 2.15. The third-order valence-electron chi connectivity index (χ3n) is 4.89. The summed E-state index contributed by atoms with van der Waals surface area (Å²) in [6.45, 7) is 9.37. The molecule has 0 saturated heterocycles. The van der Waals surface area contributed by atoms with Gasteiger partial charge in [0.15, 0.2) is 0 Å². The Morgan fingerprint density at radius 1 is 1.27 bits per heavy atom. The first-order chi connectivity index (χ1) is 12.3. The van der Waals surface area contributed by atoms with Crippen molar-refractivity contribution in [2.45, 2.75) is 60.0 Å². The van der Waals surface area contributed by atoms with E-state index in [0.29, 0.717) is 32.4 Å². The largest absolute Gasteiger partial charge is 0.341 e. The van der Waals surface area contributed by atoms with Crippen molar-refractivity contribution in [3.8, 4) is 6.07 Å². The van der Waals surface area contributed by atoms with E-state index in [1.807, 2.05) is 25.6 Å². The second-order valence-corrected chi connectivity index (χ2v) is 6.96. The fourth-order valence-electron chi connectivity index (χ4n) is 3.26. The van der Waals surface area contributed by atoms with E-state index in [9.17, 15) is 4.79 Å². The summed E-state index contributed by atoms with van der Waals surface area (Å²) in [7, 11) is 1.86. The van der Waals surface area contributed by atoms with Crippen molar-refractivity contribution in [1.29, 1.82) is 5.26 Å². The number of hydrogen-bond acceptors (Lipinski definition) is 3. The third kappa shape index (κ3) is 4.72. The molecule has 1 heterocycles. The molecule has 0 aliphatic heterocycles. The Morgan fingerprint density at radius 3 is 2.65 bits per heavy atom. The summed E-state index contributed by atoms with van der Waals surface area (Å²) in [5.41, 5.74) is 6.77. The van der Waals surface area contributed by atoms with Gasteiger partial charge in [-0.25, -0.2) is 0 Å². The molecule has 0 spiro atoms. The van der Waals surface area contributed by atoms with E-state index in [0.717, 1.165) is 17.0 Å². The van der Waals surface area contributed by atoms with E-state index >= 15 is 0 Å². The molecule has 0 radical (unpaired) electrons. The summed E-state index contributed by atoms with van der Waals surface area (Å²) in [5.74, 6) is 0.133. The summed E-state index contributed by atoms with van der Waals surface area (Å²) in [6.07, 6.45) is 1.59. The van der Waals surface area contributed by atoms with Crippen molar-refractivity contribution in [3.63, 3.8) is 0 Å². The van der Waals surface area contributed by atoms with Gasteiger partial charge < -0.3 is 4.90 Å². The predicted molar refractivity (Wildman–Crippen MR) is 103 cm³/mol. The number of aryl methyl sites for hydroxylation is 4. The van der Waals surface area contributed by atoms with Gasteiger partial charge in [0.05, 0.1) is 24.7 Å². The Labute approximate surface area is 156 Å². The normalized spacial score (nSPS) is 10.6. The van der Waals surface area contributed by atoms with Crippen molar-refractivity contribution >= 4 is 5.91 Å². The van der Waals surface area contributed by atoms with Crippen LogP contribution in [0.2, 0.25) is 0 Å². The Kier molecular flexibility index (Phi) is 6.57. The minimum atomic E-state index is 0.133. The second-order valence-electron chi connectivity index (χ2n) is 6.96. The molecule has 0 unspecified atom stereocenters. The highest BCUT2D eigenvalue weighted by Crippen LogP contribution is 2.17. The van der Waals surface area contributed by atoms with Crippen LogP contribution < -0.4 is 0 Å². The summed E-state index contributed by atoms with van der Waals surface area (Å²) in [6, 6.07) is 8.48. The van der Waals surface area contributed by atoms with Crippen LogP contribution in [0.25, 0.3) is 0 Å². The summed E-state index contributed by atoms with van der Waals surface area (Å²) in [5, 5.41) is 13.2. The molecule has 2 rings (SSSR count). The van der Waals surface area contributed by atoms with E-state index in [-0.39, 0.29) is 5.91 Å². The lowest BCUT2D eigenvalue weighted by Crippen LogP contribution is -2.26. The second kappa shape index (κ2) is 8.66. The molecule has 138 valence electrons. The summed E-state index contributed by atoms with van der Waals surface area (Å²) in [4.78, 5) is 14.4. The zero-order valence-electron chi connectivity index (χ0n) is 16.5. The number of carbonyl (C=O) groups excluding carboxylic acids is 1. The molecule has 0 bridgehead atoms. The van der Waals surface area contributed by atoms with Gasteiger partial charge in [0.1, 0.15) is 0 Å². The number of nitrogens with zero attached hydrogens (tertiary/aromatic N) is 4. The zero-order chi connectivity index (χ0) is 19.3. The molecule has 0 N–H and O–H groups in total. The van der Waals surface area contributed by atoms with Crippen LogP contribution >= 0.6 is 0 Å². The minimum absolute atomic E-state index is 0.133. The molecule has 0 saturated carbocycles. The highest BCUT2D eigenvalue weighted by atomic mass is 16.2. The van der Waals surface area contributed by atoms with Crippen LogP contribution in [0, 0.1) is 39.0 Å². The van der Waals surface area contributed by atoms with Crippen LogP contribution in [0.4, 0.5) is 0 Å². The number of rotatable bonds is 7. The van der Waals surface area contributed by atoms with Crippen LogP contribution in [0.1, 0.15) is 46.5 Å². The van der Waals surface area contributed by atoms with Crippen LogP contribution in [-0.2, 0) is 24.3 Å². The predicted octanol–water partition coefficient (Wildman–Crippen LogP) is 3.62. The van der Waals surface area contributed by atoms with Gasteiger partial charge >= 0.3 is 0 Å². The van der Waals surface area contributed by atoms with Crippen LogP contribution in [0.15, 0.2) is 18.2 Å². The molecular weight excluding hydrogens is 324 g/mol. The number of hydrogen-bond donors (Lipinski definition) is 0. The molecule has 5 heteroatoms.